The molecule has 0 fully saturated rings. The molecule has 0 spiro atoms. The Morgan fingerprint density at radius 1 is 1.20 bits per heavy atom. The standard InChI is InChI=1S/C20H31N3OS/c1-5-6-7-8-9-12-23-19(24)17-15-11-10-14(20(2,3)4)13-16(15)25-18(17)21-22-23/h14H,5-13H2,1-4H3. The molecule has 0 radical (unpaired) electrons. The van der Waals surface area contributed by atoms with Gasteiger partial charge < -0.3 is 0 Å². The fraction of sp³-hybridized carbons (Fsp3) is 0.750. The lowest BCUT2D eigenvalue weighted by Crippen LogP contribution is -2.27. The first kappa shape index (κ1) is 18.6. The summed E-state index contributed by atoms with van der Waals surface area (Å²) in [5, 5.41) is 9.44. The summed E-state index contributed by atoms with van der Waals surface area (Å²) in [6, 6.07) is 0. The number of fused-ring (bicyclic) bond motifs is 3. The first-order valence-corrected chi connectivity index (χ1v) is 10.6. The Hall–Kier alpha value is -1.23. The summed E-state index contributed by atoms with van der Waals surface area (Å²) in [7, 11) is 0. The fourth-order valence-electron chi connectivity index (χ4n) is 3.88. The Labute approximate surface area is 154 Å². The van der Waals surface area contributed by atoms with Crippen molar-refractivity contribution in [3.8, 4) is 0 Å². The molecule has 0 N–H and O–H groups in total. The monoisotopic (exact) mass is 361 g/mol. The van der Waals surface area contributed by atoms with Gasteiger partial charge in [0, 0.05) is 11.4 Å². The first-order chi connectivity index (χ1) is 11.9. The van der Waals surface area contributed by atoms with E-state index >= 15 is 0 Å². The Morgan fingerprint density at radius 3 is 2.68 bits per heavy atom. The van der Waals surface area contributed by atoms with Crippen molar-refractivity contribution < 1.29 is 0 Å². The Kier molecular flexibility index (Phi) is 5.62. The van der Waals surface area contributed by atoms with E-state index < -0.39 is 0 Å². The SMILES string of the molecule is CCCCCCCn1nnc2sc3c(c2c1=O)CCC(C(C)(C)C)C3. The second-order valence-corrected chi connectivity index (χ2v) is 9.61. The van der Waals surface area contributed by atoms with Gasteiger partial charge in [-0.3, -0.25) is 4.79 Å². The minimum Gasteiger partial charge on any atom is -0.267 e. The molecule has 2 aromatic rings. The topological polar surface area (TPSA) is 47.8 Å². The van der Waals surface area contributed by atoms with Gasteiger partial charge in [0.25, 0.3) is 5.56 Å². The van der Waals surface area contributed by atoms with Gasteiger partial charge in [0.05, 0.1) is 5.39 Å². The summed E-state index contributed by atoms with van der Waals surface area (Å²) in [6.07, 6.45) is 9.18. The maximum Gasteiger partial charge on any atom is 0.278 e. The van der Waals surface area contributed by atoms with Crippen molar-refractivity contribution in [1.29, 1.82) is 0 Å². The summed E-state index contributed by atoms with van der Waals surface area (Å²) in [5.41, 5.74) is 1.66. The molecule has 0 saturated heterocycles. The van der Waals surface area contributed by atoms with Crippen LogP contribution in [0, 0.1) is 11.3 Å². The predicted molar refractivity (Wildman–Crippen MR) is 105 cm³/mol. The van der Waals surface area contributed by atoms with E-state index in [4.69, 9.17) is 0 Å². The largest absolute Gasteiger partial charge is 0.278 e. The molecule has 1 unspecified atom stereocenters. The van der Waals surface area contributed by atoms with E-state index in [2.05, 4.69) is 38.0 Å². The van der Waals surface area contributed by atoms with E-state index in [9.17, 15) is 4.79 Å². The fourth-order valence-corrected chi connectivity index (χ4v) is 5.11. The molecule has 0 bridgehead atoms. The van der Waals surface area contributed by atoms with Crippen LogP contribution < -0.4 is 5.56 Å². The van der Waals surface area contributed by atoms with Crippen molar-refractivity contribution >= 4 is 21.6 Å². The highest BCUT2D eigenvalue weighted by Gasteiger charge is 2.31. The van der Waals surface area contributed by atoms with Crippen LogP contribution in [0.3, 0.4) is 0 Å². The van der Waals surface area contributed by atoms with E-state index in [0.717, 1.165) is 35.9 Å². The number of aryl methyl sites for hydroxylation is 2. The van der Waals surface area contributed by atoms with E-state index in [0.29, 0.717) is 17.9 Å². The Balaban J connectivity index is 1.82. The van der Waals surface area contributed by atoms with Crippen LogP contribution in [0.2, 0.25) is 0 Å². The summed E-state index contributed by atoms with van der Waals surface area (Å²) in [4.78, 5) is 15.1. The highest BCUT2D eigenvalue weighted by molar-refractivity contribution is 7.18. The first-order valence-electron chi connectivity index (χ1n) is 9.80. The summed E-state index contributed by atoms with van der Waals surface area (Å²) >= 11 is 1.69. The molecule has 0 saturated carbocycles. The lowest BCUT2D eigenvalue weighted by Gasteiger charge is -2.33. The molecule has 2 aromatic heterocycles. The van der Waals surface area contributed by atoms with Gasteiger partial charge in [-0.2, -0.15) is 0 Å². The van der Waals surface area contributed by atoms with Gasteiger partial charge in [0.1, 0.15) is 0 Å². The quantitative estimate of drug-likeness (QED) is 0.682. The molecular formula is C20H31N3OS. The molecule has 5 heteroatoms. The predicted octanol–water partition coefficient (Wildman–Crippen LogP) is 4.97. The van der Waals surface area contributed by atoms with Gasteiger partial charge in [0.15, 0.2) is 4.83 Å². The highest BCUT2D eigenvalue weighted by atomic mass is 32.1. The zero-order valence-corrected chi connectivity index (χ0v) is 16.9. The molecule has 0 aromatic carbocycles. The van der Waals surface area contributed by atoms with Crippen LogP contribution in [-0.2, 0) is 19.4 Å². The molecule has 25 heavy (non-hydrogen) atoms. The molecule has 1 aliphatic carbocycles. The van der Waals surface area contributed by atoms with Crippen LogP contribution in [0.5, 0.6) is 0 Å². The van der Waals surface area contributed by atoms with Crippen LogP contribution in [0.4, 0.5) is 0 Å². The van der Waals surface area contributed by atoms with Crippen LogP contribution in [0.1, 0.15) is 76.7 Å². The molecule has 3 rings (SSSR count). The van der Waals surface area contributed by atoms with Crippen LogP contribution >= 0.6 is 11.3 Å². The average molecular weight is 362 g/mol. The van der Waals surface area contributed by atoms with E-state index in [1.165, 1.54) is 36.1 Å². The van der Waals surface area contributed by atoms with Gasteiger partial charge in [-0.1, -0.05) is 58.6 Å². The number of hydrogen-bond acceptors (Lipinski definition) is 4. The molecule has 138 valence electrons. The second-order valence-electron chi connectivity index (χ2n) is 8.52. The molecule has 2 heterocycles. The number of aromatic nitrogens is 3. The third kappa shape index (κ3) is 3.97. The maximum atomic E-state index is 12.9. The van der Waals surface area contributed by atoms with Gasteiger partial charge >= 0.3 is 0 Å². The minimum absolute atomic E-state index is 0.0761. The average Bonchev–Trinajstić information content (AvgIpc) is 2.94. The number of nitrogens with zero attached hydrogens (tertiary/aromatic N) is 3. The lowest BCUT2D eigenvalue weighted by molar-refractivity contribution is 0.218. The maximum absolute atomic E-state index is 12.9. The summed E-state index contributed by atoms with van der Waals surface area (Å²) in [6.45, 7) is 9.87. The molecule has 0 aliphatic heterocycles. The zero-order chi connectivity index (χ0) is 18.0. The van der Waals surface area contributed by atoms with E-state index in [1.54, 1.807) is 16.0 Å². The zero-order valence-electron chi connectivity index (χ0n) is 16.1. The number of rotatable bonds is 6. The highest BCUT2D eigenvalue weighted by Crippen LogP contribution is 2.41. The van der Waals surface area contributed by atoms with Crippen molar-refractivity contribution in [3.63, 3.8) is 0 Å². The van der Waals surface area contributed by atoms with Crippen molar-refractivity contribution in [1.82, 2.24) is 15.0 Å². The van der Waals surface area contributed by atoms with Crippen molar-refractivity contribution in [2.45, 2.75) is 85.6 Å². The van der Waals surface area contributed by atoms with Crippen molar-refractivity contribution in [2.75, 3.05) is 0 Å². The second kappa shape index (κ2) is 7.56. The summed E-state index contributed by atoms with van der Waals surface area (Å²) < 4.78 is 1.59. The van der Waals surface area contributed by atoms with Gasteiger partial charge in [-0.05, 0) is 42.6 Å². The minimum atomic E-state index is 0.0761. The normalized spacial score (nSPS) is 17.8. The van der Waals surface area contributed by atoms with Crippen LogP contribution in [0.25, 0.3) is 10.2 Å². The van der Waals surface area contributed by atoms with Crippen molar-refractivity contribution in [2.24, 2.45) is 11.3 Å². The van der Waals surface area contributed by atoms with Crippen LogP contribution in [-0.4, -0.2) is 15.0 Å². The lowest BCUT2D eigenvalue weighted by atomic mass is 9.72. The molecule has 1 atom stereocenters. The van der Waals surface area contributed by atoms with E-state index in [-0.39, 0.29) is 5.56 Å². The molecular weight excluding hydrogens is 330 g/mol. The summed E-state index contributed by atoms with van der Waals surface area (Å²) in [5.74, 6) is 0.682. The number of thiophene rings is 1. The Morgan fingerprint density at radius 2 is 1.96 bits per heavy atom. The third-order valence-corrected chi connectivity index (χ3v) is 6.78. The smallest absolute Gasteiger partial charge is 0.267 e. The van der Waals surface area contributed by atoms with Crippen molar-refractivity contribution in [3.05, 3.63) is 20.8 Å². The number of hydrogen-bond donors (Lipinski definition) is 0. The molecule has 1 aliphatic rings. The Bertz CT molecular complexity index is 785. The molecule has 4 nitrogen and oxygen atoms in total. The van der Waals surface area contributed by atoms with E-state index in [1.807, 2.05) is 0 Å². The third-order valence-electron chi connectivity index (χ3n) is 5.64. The van der Waals surface area contributed by atoms with Gasteiger partial charge in [-0.15, -0.1) is 16.4 Å². The van der Waals surface area contributed by atoms with Gasteiger partial charge in [0.2, 0.25) is 0 Å². The van der Waals surface area contributed by atoms with Crippen LogP contribution in [0.15, 0.2) is 4.79 Å². The van der Waals surface area contributed by atoms with Gasteiger partial charge in [-0.25, -0.2) is 4.68 Å². The molecule has 0 amide bonds. The number of unbranched alkanes of at least 4 members (excludes halogenated alkanes) is 4.